The van der Waals surface area contributed by atoms with Crippen LogP contribution in [0, 0.1) is 12.7 Å². The molecule has 1 heterocycles. The van der Waals surface area contributed by atoms with Crippen LogP contribution in [-0.2, 0) is 27.4 Å². The normalized spacial score (nSPS) is 12.1. The Labute approximate surface area is 184 Å². The van der Waals surface area contributed by atoms with Crippen LogP contribution in [0.5, 0.6) is 0 Å². The molecule has 3 rings (SSSR count). The summed E-state index contributed by atoms with van der Waals surface area (Å²) in [5, 5.41) is 11.2. The van der Waals surface area contributed by atoms with Gasteiger partial charge in [-0.15, -0.1) is 0 Å². The molecule has 0 unspecified atom stereocenters. The van der Waals surface area contributed by atoms with Gasteiger partial charge in [0.25, 0.3) is 0 Å². The van der Waals surface area contributed by atoms with Gasteiger partial charge in [-0.1, -0.05) is 17.7 Å². The summed E-state index contributed by atoms with van der Waals surface area (Å²) < 4.78 is 77.3. The summed E-state index contributed by atoms with van der Waals surface area (Å²) >= 11 is 6.05. The number of alkyl halides is 3. The number of hydrogen-bond acceptors (Lipinski definition) is 4. The maximum Gasteiger partial charge on any atom is 0.419 e. The minimum atomic E-state index is -4.68. The Bertz CT molecular complexity index is 1310. The zero-order valence-corrected chi connectivity index (χ0v) is 17.8. The Balaban J connectivity index is 1.92. The van der Waals surface area contributed by atoms with Gasteiger partial charge >= 0.3 is 6.18 Å². The largest absolute Gasteiger partial charge is 0.419 e. The van der Waals surface area contributed by atoms with E-state index in [1.165, 1.54) is 12.1 Å². The van der Waals surface area contributed by atoms with Gasteiger partial charge in [0.05, 0.1) is 28.9 Å². The SMILES string of the molecule is Cc1ccc(F)c(CC(=O)Nc2ccc(-n3cc(C(F)(F)F)cn3)c(S(N)(=O)=O)c2)c1Cl. The number of benzene rings is 2. The summed E-state index contributed by atoms with van der Waals surface area (Å²) in [7, 11) is -4.42. The summed E-state index contributed by atoms with van der Waals surface area (Å²) in [6, 6.07) is 5.95. The average molecular weight is 491 g/mol. The number of carbonyl (C=O) groups is 1. The molecular formula is C19H15ClF4N4O3S. The van der Waals surface area contributed by atoms with E-state index in [4.69, 9.17) is 16.7 Å². The molecule has 2 aromatic carbocycles. The molecule has 0 saturated heterocycles. The lowest BCUT2D eigenvalue weighted by molar-refractivity contribution is -0.137. The van der Waals surface area contributed by atoms with E-state index in [0.29, 0.717) is 22.6 Å². The van der Waals surface area contributed by atoms with E-state index < -0.39 is 44.8 Å². The van der Waals surface area contributed by atoms with Crippen LogP contribution in [0.3, 0.4) is 0 Å². The fraction of sp³-hybridized carbons (Fsp3) is 0.158. The first kappa shape index (κ1) is 23.7. The molecule has 1 aromatic heterocycles. The summed E-state index contributed by atoms with van der Waals surface area (Å²) in [4.78, 5) is 11.8. The van der Waals surface area contributed by atoms with Crippen molar-refractivity contribution in [1.29, 1.82) is 0 Å². The molecule has 0 aliphatic rings. The average Bonchev–Trinajstić information content (AvgIpc) is 3.18. The molecule has 7 nitrogen and oxygen atoms in total. The molecule has 0 bridgehead atoms. The lowest BCUT2D eigenvalue weighted by Crippen LogP contribution is -2.19. The number of aromatic nitrogens is 2. The summed E-state index contributed by atoms with van der Waals surface area (Å²) in [6.45, 7) is 1.64. The fourth-order valence-corrected chi connectivity index (χ4v) is 3.82. The van der Waals surface area contributed by atoms with E-state index in [9.17, 15) is 30.8 Å². The topological polar surface area (TPSA) is 107 Å². The first-order valence-electron chi connectivity index (χ1n) is 8.80. The summed E-state index contributed by atoms with van der Waals surface area (Å²) in [6.07, 6.45) is -3.99. The second-order valence-electron chi connectivity index (χ2n) is 6.78. The summed E-state index contributed by atoms with van der Waals surface area (Å²) in [5.74, 6) is -1.39. The monoisotopic (exact) mass is 490 g/mol. The molecule has 32 heavy (non-hydrogen) atoms. The van der Waals surface area contributed by atoms with E-state index in [-0.39, 0.29) is 22.0 Å². The number of sulfonamides is 1. The quantitative estimate of drug-likeness (QED) is 0.530. The lowest BCUT2D eigenvalue weighted by Gasteiger charge is -2.12. The number of halogens is 5. The Morgan fingerprint density at radius 1 is 1.25 bits per heavy atom. The van der Waals surface area contributed by atoms with Gasteiger partial charge in [0.2, 0.25) is 15.9 Å². The van der Waals surface area contributed by atoms with Crippen molar-refractivity contribution in [3.05, 3.63) is 70.3 Å². The number of nitrogens with one attached hydrogen (secondary N) is 1. The van der Waals surface area contributed by atoms with E-state index in [2.05, 4.69) is 10.4 Å². The molecule has 0 spiro atoms. The smallest absolute Gasteiger partial charge is 0.326 e. The number of primary sulfonamides is 1. The van der Waals surface area contributed by atoms with Gasteiger partial charge in [0, 0.05) is 17.4 Å². The van der Waals surface area contributed by atoms with Crippen LogP contribution >= 0.6 is 11.6 Å². The minimum absolute atomic E-state index is 0.0323. The van der Waals surface area contributed by atoms with E-state index >= 15 is 0 Å². The number of amides is 1. The standard InChI is InChI=1S/C19H15ClF4N4O3S/c1-10-2-4-14(21)13(18(10)20)7-17(29)27-12-3-5-15(16(6-12)32(25,30)31)28-9-11(8-26-28)19(22,23)24/h2-6,8-9H,7H2,1H3,(H,27,29)(H2,25,30,31). The maximum atomic E-state index is 14.0. The highest BCUT2D eigenvalue weighted by atomic mass is 35.5. The van der Waals surface area contributed by atoms with Gasteiger partial charge in [0.1, 0.15) is 10.7 Å². The van der Waals surface area contributed by atoms with Crippen molar-refractivity contribution < 1.29 is 30.8 Å². The third-order valence-electron chi connectivity index (χ3n) is 4.42. The van der Waals surface area contributed by atoms with Gasteiger partial charge in [-0.25, -0.2) is 22.6 Å². The molecular weight excluding hydrogens is 476 g/mol. The third-order valence-corrected chi connectivity index (χ3v) is 5.89. The first-order chi connectivity index (χ1) is 14.8. The second-order valence-corrected chi connectivity index (χ2v) is 8.69. The number of anilines is 1. The van der Waals surface area contributed by atoms with Gasteiger partial charge < -0.3 is 5.32 Å². The highest BCUT2D eigenvalue weighted by molar-refractivity contribution is 7.89. The van der Waals surface area contributed by atoms with E-state index in [1.807, 2.05) is 0 Å². The van der Waals surface area contributed by atoms with Crippen LogP contribution < -0.4 is 10.5 Å². The van der Waals surface area contributed by atoms with Crippen molar-refractivity contribution in [1.82, 2.24) is 9.78 Å². The van der Waals surface area contributed by atoms with Gasteiger partial charge in [-0.05, 0) is 36.8 Å². The number of hydrogen-bond donors (Lipinski definition) is 2. The third kappa shape index (κ3) is 5.09. The fourth-order valence-electron chi connectivity index (χ4n) is 2.85. The van der Waals surface area contributed by atoms with E-state index in [0.717, 1.165) is 18.2 Å². The number of rotatable bonds is 5. The van der Waals surface area contributed by atoms with Gasteiger partial charge in [0.15, 0.2) is 0 Å². The highest BCUT2D eigenvalue weighted by Gasteiger charge is 2.32. The van der Waals surface area contributed by atoms with Crippen molar-refractivity contribution in [2.75, 3.05) is 5.32 Å². The first-order valence-corrected chi connectivity index (χ1v) is 10.7. The highest BCUT2D eigenvalue weighted by Crippen LogP contribution is 2.31. The summed E-state index contributed by atoms with van der Waals surface area (Å²) in [5.41, 5.74) is -0.853. The Hall–Kier alpha value is -2.96. The molecule has 0 fully saturated rings. The van der Waals surface area contributed by atoms with Crippen LogP contribution in [0.4, 0.5) is 23.2 Å². The Morgan fingerprint density at radius 3 is 2.53 bits per heavy atom. The van der Waals surface area contributed by atoms with Gasteiger partial charge in [-0.3, -0.25) is 4.79 Å². The molecule has 0 atom stereocenters. The molecule has 3 aromatic rings. The van der Waals surface area contributed by atoms with Crippen molar-refractivity contribution >= 4 is 33.2 Å². The molecule has 13 heteroatoms. The maximum absolute atomic E-state index is 14.0. The van der Waals surface area contributed by atoms with Crippen molar-refractivity contribution in [3.8, 4) is 5.69 Å². The zero-order valence-electron chi connectivity index (χ0n) is 16.2. The van der Waals surface area contributed by atoms with Crippen LogP contribution in [0.25, 0.3) is 5.69 Å². The molecule has 0 saturated carbocycles. The molecule has 0 aliphatic heterocycles. The molecule has 3 N–H and O–H groups in total. The van der Waals surface area contributed by atoms with Crippen molar-refractivity contribution in [2.45, 2.75) is 24.4 Å². The number of carbonyl (C=O) groups excluding carboxylic acids is 1. The Morgan fingerprint density at radius 2 is 1.94 bits per heavy atom. The van der Waals surface area contributed by atoms with Crippen LogP contribution in [0.2, 0.25) is 5.02 Å². The van der Waals surface area contributed by atoms with Gasteiger partial charge in [-0.2, -0.15) is 18.3 Å². The molecule has 0 aliphatic carbocycles. The van der Waals surface area contributed by atoms with Crippen LogP contribution in [0.1, 0.15) is 16.7 Å². The van der Waals surface area contributed by atoms with E-state index in [1.54, 1.807) is 6.92 Å². The minimum Gasteiger partial charge on any atom is -0.326 e. The predicted molar refractivity (Wildman–Crippen MR) is 108 cm³/mol. The van der Waals surface area contributed by atoms with Crippen LogP contribution in [-0.4, -0.2) is 24.1 Å². The molecule has 1 amide bonds. The van der Waals surface area contributed by atoms with Crippen molar-refractivity contribution in [2.24, 2.45) is 5.14 Å². The Kier molecular flexibility index (Phi) is 6.31. The number of nitrogens with zero attached hydrogens (tertiary/aromatic N) is 2. The number of aryl methyl sites for hydroxylation is 1. The zero-order chi connectivity index (χ0) is 23.8. The number of nitrogens with two attached hydrogens (primary N) is 1. The molecule has 0 radical (unpaired) electrons. The second kappa shape index (κ2) is 8.52. The molecule has 170 valence electrons. The van der Waals surface area contributed by atoms with Crippen molar-refractivity contribution in [3.63, 3.8) is 0 Å². The van der Waals surface area contributed by atoms with Crippen LogP contribution in [0.15, 0.2) is 47.6 Å². The predicted octanol–water partition coefficient (Wildman–Crippen LogP) is 3.82. The lowest BCUT2D eigenvalue weighted by atomic mass is 10.1.